The van der Waals surface area contributed by atoms with E-state index in [1.165, 1.54) is 11.3 Å². The highest BCUT2D eigenvalue weighted by Crippen LogP contribution is 2.33. The number of amides is 1. The van der Waals surface area contributed by atoms with Gasteiger partial charge in [0.2, 0.25) is 0 Å². The number of hydrogen-bond donors (Lipinski definition) is 2. The van der Waals surface area contributed by atoms with Gasteiger partial charge in [-0.1, -0.05) is 12.1 Å². The van der Waals surface area contributed by atoms with Crippen molar-refractivity contribution in [3.05, 3.63) is 52.0 Å². The number of ether oxygens (including phenoxy) is 2. The van der Waals surface area contributed by atoms with Crippen molar-refractivity contribution in [1.29, 1.82) is 0 Å². The Labute approximate surface area is 166 Å². The lowest BCUT2D eigenvalue weighted by Gasteiger charge is -2.06. The van der Waals surface area contributed by atoms with Crippen molar-refractivity contribution < 1.29 is 19.1 Å². The molecular formula is C20H21N3O4S. The van der Waals surface area contributed by atoms with Gasteiger partial charge in [0.15, 0.2) is 0 Å². The molecule has 3 aromatic rings. The Bertz CT molecular complexity index is 1020. The summed E-state index contributed by atoms with van der Waals surface area (Å²) in [6, 6.07) is 9.06. The van der Waals surface area contributed by atoms with Gasteiger partial charge in [0, 0.05) is 10.4 Å². The van der Waals surface area contributed by atoms with E-state index in [9.17, 15) is 9.59 Å². The maximum atomic E-state index is 12.7. The number of benzene rings is 1. The monoisotopic (exact) mass is 399 g/mol. The third-order valence-electron chi connectivity index (χ3n) is 4.28. The molecule has 8 heteroatoms. The van der Waals surface area contributed by atoms with Crippen LogP contribution in [-0.2, 0) is 4.74 Å². The summed E-state index contributed by atoms with van der Waals surface area (Å²) in [6.07, 6.45) is 0. The SMILES string of the molecule is CCOC(=O)c1c(NC(=O)c2cc(-c3cccc(OC)c3)n[nH]2)sc(C)c1C. The predicted octanol–water partition coefficient (Wildman–Crippen LogP) is 4.19. The fraction of sp³-hybridized carbons (Fsp3) is 0.250. The Balaban J connectivity index is 1.84. The Morgan fingerprint density at radius 2 is 2.04 bits per heavy atom. The van der Waals surface area contributed by atoms with Gasteiger partial charge in [0.25, 0.3) is 5.91 Å². The minimum absolute atomic E-state index is 0.269. The van der Waals surface area contributed by atoms with Crippen LogP contribution in [-0.4, -0.2) is 35.8 Å². The number of carbonyl (C=O) groups is 2. The number of carbonyl (C=O) groups excluding carboxylic acids is 2. The molecule has 146 valence electrons. The smallest absolute Gasteiger partial charge is 0.341 e. The number of H-pyrrole nitrogens is 1. The Kier molecular flexibility index (Phi) is 5.79. The van der Waals surface area contributed by atoms with Crippen LogP contribution in [0.1, 0.15) is 38.2 Å². The quantitative estimate of drug-likeness (QED) is 0.606. The van der Waals surface area contributed by atoms with E-state index in [1.54, 1.807) is 20.1 Å². The summed E-state index contributed by atoms with van der Waals surface area (Å²) < 4.78 is 10.3. The number of methoxy groups -OCH3 is 1. The van der Waals surface area contributed by atoms with Gasteiger partial charge in [-0.05, 0) is 44.5 Å². The van der Waals surface area contributed by atoms with Gasteiger partial charge in [-0.3, -0.25) is 9.89 Å². The van der Waals surface area contributed by atoms with Crippen LogP contribution >= 0.6 is 11.3 Å². The number of anilines is 1. The van der Waals surface area contributed by atoms with Crippen LogP contribution in [0.15, 0.2) is 30.3 Å². The number of aryl methyl sites for hydroxylation is 1. The highest BCUT2D eigenvalue weighted by atomic mass is 32.1. The summed E-state index contributed by atoms with van der Waals surface area (Å²) in [6.45, 7) is 5.75. The molecule has 28 heavy (non-hydrogen) atoms. The van der Waals surface area contributed by atoms with Crippen molar-refractivity contribution in [2.75, 3.05) is 19.0 Å². The Hall–Kier alpha value is -3.13. The number of thiophene rings is 1. The number of aromatic nitrogens is 2. The van der Waals surface area contributed by atoms with Crippen molar-refractivity contribution in [3.8, 4) is 17.0 Å². The van der Waals surface area contributed by atoms with Crippen molar-refractivity contribution in [2.45, 2.75) is 20.8 Å². The van der Waals surface area contributed by atoms with Crippen molar-refractivity contribution >= 4 is 28.2 Å². The molecule has 0 aliphatic heterocycles. The molecule has 0 saturated carbocycles. The fourth-order valence-corrected chi connectivity index (χ4v) is 3.75. The molecule has 0 atom stereocenters. The average molecular weight is 399 g/mol. The highest BCUT2D eigenvalue weighted by molar-refractivity contribution is 7.16. The second-order valence-electron chi connectivity index (χ2n) is 6.06. The molecule has 0 aliphatic carbocycles. The predicted molar refractivity (Wildman–Crippen MR) is 108 cm³/mol. The molecule has 1 aromatic carbocycles. The van der Waals surface area contributed by atoms with Crippen LogP contribution in [0.25, 0.3) is 11.3 Å². The molecule has 2 heterocycles. The zero-order valence-corrected chi connectivity index (χ0v) is 16.9. The standard InChI is InChI=1S/C20H21N3O4S/c1-5-27-20(25)17-11(2)12(3)28-19(17)21-18(24)16-10-15(22-23-16)13-7-6-8-14(9-13)26-4/h6-10H,5H2,1-4H3,(H,21,24)(H,22,23). The lowest BCUT2D eigenvalue weighted by Crippen LogP contribution is -2.15. The second kappa shape index (κ2) is 8.26. The summed E-state index contributed by atoms with van der Waals surface area (Å²) in [4.78, 5) is 25.9. The van der Waals surface area contributed by atoms with E-state index in [2.05, 4.69) is 15.5 Å². The summed E-state index contributed by atoms with van der Waals surface area (Å²) in [7, 11) is 1.59. The lowest BCUT2D eigenvalue weighted by molar-refractivity contribution is 0.0527. The third-order valence-corrected chi connectivity index (χ3v) is 5.40. The number of nitrogens with one attached hydrogen (secondary N) is 2. The fourth-order valence-electron chi connectivity index (χ4n) is 2.70. The summed E-state index contributed by atoms with van der Waals surface area (Å²) in [5.74, 6) is -0.120. The molecule has 0 aliphatic rings. The van der Waals surface area contributed by atoms with E-state index in [0.29, 0.717) is 22.0 Å². The first-order chi connectivity index (χ1) is 13.4. The van der Waals surface area contributed by atoms with Crippen LogP contribution in [0.4, 0.5) is 5.00 Å². The molecule has 0 radical (unpaired) electrons. The number of esters is 1. The van der Waals surface area contributed by atoms with Crippen LogP contribution in [0, 0.1) is 13.8 Å². The number of aromatic amines is 1. The van der Waals surface area contributed by atoms with E-state index < -0.39 is 5.97 Å². The molecule has 0 bridgehead atoms. The van der Waals surface area contributed by atoms with Crippen molar-refractivity contribution in [1.82, 2.24) is 10.2 Å². The molecule has 3 rings (SSSR count). The molecule has 2 N–H and O–H groups in total. The minimum atomic E-state index is -0.443. The first kappa shape index (κ1) is 19.6. The summed E-state index contributed by atoms with van der Waals surface area (Å²) in [5, 5.41) is 10.2. The minimum Gasteiger partial charge on any atom is -0.497 e. The first-order valence-electron chi connectivity index (χ1n) is 8.72. The molecular weight excluding hydrogens is 378 g/mol. The zero-order valence-electron chi connectivity index (χ0n) is 16.1. The van der Waals surface area contributed by atoms with E-state index in [4.69, 9.17) is 9.47 Å². The molecule has 1 amide bonds. The van der Waals surface area contributed by atoms with Gasteiger partial charge in [0.1, 0.15) is 16.4 Å². The second-order valence-corrected chi connectivity index (χ2v) is 7.29. The normalized spacial score (nSPS) is 10.6. The van der Waals surface area contributed by atoms with E-state index in [1.807, 2.05) is 38.1 Å². The van der Waals surface area contributed by atoms with Crippen molar-refractivity contribution in [3.63, 3.8) is 0 Å². The molecule has 2 aromatic heterocycles. The molecule has 0 spiro atoms. The van der Waals surface area contributed by atoms with Crippen LogP contribution in [0.5, 0.6) is 5.75 Å². The highest BCUT2D eigenvalue weighted by Gasteiger charge is 2.23. The van der Waals surface area contributed by atoms with E-state index in [0.717, 1.165) is 16.0 Å². The largest absolute Gasteiger partial charge is 0.497 e. The summed E-state index contributed by atoms with van der Waals surface area (Å²) >= 11 is 1.34. The van der Waals surface area contributed by atoms with Gasteiger partial charge >= 0.3 is 5.97 Å². The first-order valence-corrected chi connectivity index (χ1v) is 9.54. The molecule has 7 nitrogen and oxygen atoms in total. The van der Waals surface area contributed by atoms with Crippen molar-refractivity contribution in [2.24, 2.45) is 0 Å². The molecule has 0 unspecified atom stereocenters. The van der Waals surface area contributed by atoms with Crippen LogP contribution in [0.3, 0.4) is 0 Å². The van der Waals surface area contributed by atoms with Crippen LogP contribution < -0.4 is 10.1 Å². The number of hydrogen-bond acceptors (Lipinski definition) is 6. The lowest BCUT2D eigenvalue weighted by atomic mass is 10.1. The Morgan fingerprint density at radius 1 is 1.25 bits per heavy atom. The van der Waals surface area contributed by atoms with E-state index in [-0.39, 0.29) is 18.2 Å². The number of nitrogens with zero attached hydrogens (tertiary/aromatic N) is 1. The molecule has 0 fully saturated rings. The average Bonchev–Trinajstić information content (AvgIpc) is 3.28. The third kappa shape index (κ3) is 3.91. The van der Waals surface area contributed by atoms with Gasteiger partial charge in [-0.2, -0.15) is 5.10 Å². The Morgan fingerprint density at radius 3 is 2.75 bits per heavy atom. The number of rotatable bonds is 6. The van der Waals surface area contributed by atoms with Gasteiger partial charge in [-0.15, -0.1) is 11.3 Å². The van der Waals surface area contributed by atoms with Gasteiger partial charge < -0.3 is 14.8 Å². The maximum absolute atomic E-state index is 12.7. The zero-order chi connectivity index (χ0) is 20.3. The van der Waals surface area contributed by atoms with Crippen LogP contribution in [0.2, 0.25) is 0 Å². The van der Waals surface area contributed by atoms with E-state index >= 15 is 0 Å². The molecule has 0 saturated heterocycles. The maximum Gasteiger partial charge on any atom is 0.341 e. The topological polar surface area (TPSA) is 93.3 Å². The van der Waals surface area contributed by atoms with Gasteiger partial charge in [0.05, 0.1) is 25.0 Å². The summed E-state index contributed by atoms with van der Waals surface area (Å²) in [5.41, 5.74) is 2.93. The van der Waals surface area contributed by atoms with Gasteiger partial charge in [-0.25, -0.2) is 4.79 Å².